The Morgan fingerprint density at radius 3 is 2.27 bits per heavy atom. The monoisotopic (exact) mass is 538 g/mol. The number of aromatic nitrogens is 2. The molecule has 2 aliphatic heterocycles. The Morgan fingerprint density at radius 1 is 1.16 bits per heavy atom. The van der Waals surface area contributed by atoms with Crippen LogP contribution in [0.3, 0.4) is 0 Å². The number of carbonyl (C=O) groups excluding carboxylic acids is 2. The van der Waals surface area contributed by atoms with Crippen molar-refractivity contribution in [2.24, 2.45) is 0 Å². The first kappa shape index (κ1) is 29.3. The molecule has 2 atom stereocenters. The largest absolute Gasteiger partial charge is 0.498 e. The lowest BCUT2D eigenvalue weighted by atomic mass is 9.81. The number of hydrogen-bond acceptors (Lipinski definition) is 9. The summed E-state index contributed by atoms with van der Waals surface area (Å²) in [4.78, 5) is 35.0. The highest BCUT2D eigenvalue weighted by Gasteiger charge is 2.52. The van der Waals surface area contributed by atoms with Crippen molar-refractivity contribution in [1.82, 2.24) is 20.2 Å². The number of hydrogen-bond donors (Lipinski definition) is 1. The summed E-state index contributed by atoms with van der Waals surface area (Å²) >= 11 is 0. The first-order valence-electron chi connectivity index (χ1n) is 12.6. The van der Waals surface area contributed by atoms with Gasteiger partial charge in [-0.1, -0.05) is 0 Å². The summed E-state index contributed by atoms with van der Waals surface area (Å²) < 4.78 is 43.6. The first-order chi connectivity index (χ1) is 16.9. The minimum absolute atomic E-state index is 0.312. The summed E-state index contributed by atoms with van der Waals surface area (Å²) in [6.07, 6.45) is 4.17. The molecule has 0 aromatic carbocycles. The van der Waals surface area contributed by atoms with E-state index in [1.807, 2.05) is 27.7 Å². The van der Waals surface area contributed by atoms with E-state index in [1.165, 1.54) is 17.3 Å². The third-order valence-corrected chi connectivity index (χ3v) is 8.47. The predicted molar refractivity (Wildman–Crippen MR) is 138 cm³/mol. The average Bonchev–Trinajstić information content (AvgIpc) is 2.99. The summed E-state index contributed by atoms with van der Waals surface area (Å²) in [6, 6.07) is -1.42. The van der Waals surface area contributed by atoms with E-state index >= 15 is 0 Å². The van der Waals surface area contributed by atoms with Crippen LogP contribution in [0.2, 0.25) is 0 Å². The lowest BCUT2D eigenvalue weighted by Gasteiger charge is -2.37. The molecule has 0 radical (unpaired) electrons. The molecular weight excluding hydrogens is 499 g/mol. The summed E-state index contributed by atoms with van der Waals surface area (Å²) in [6.45, 7) is 14.9. The molecule has 3 heterocycles. The van der Waals surface area contributed by atoms with Crippen molar-refractivity contribution in [3.63, 3.8) is 0 Å². The van der Waals surface area contributed by atoms with Crippen molar-refractivity contribution in [3.05, 3.63) is 12.4 Å². The number of piperidine rings is 1. The van der Waals surface area contributed by atoms with Crippen molar-refractivity contribution in [2.45, 2.75) is 109 Å². The minimum atomic E-state index is -3.89. The van der Waals surface area contributed by atoms with Crippen LogP contribution in [0.25, 0.3) is 0 Å². The second-order valence-corrected chi connectivity index (χ2v) is 13.6. The van der Waals surface area contributed by atoms with Crippen molar-refractivity contribution in [1.29, 1.82) is 0 Å². The Labute approximate surface area is 220 Å². The molecule has 0 aliphatic carbocycles. The molecule has 2 unspecified atom stereocenters. The van der Waals surface area contributed by atoms with Gasteiger partial charge in [0.25, 0.3) is 0 Å². The second kappa shape index (κ2) is 10.5. The van der Waals surface area contributed by atoms with Gasteiger partial charge >= 0.3 is 13.2 Å². The van der Waals surface area contributed by atoms with Gasteiger partial charge in [0.15, 0.2) is 0 Å². The maximum atomic E-state index is 13.2. The number of nitrogens with zero attached hydrogens (tertiary/aromatic N) is 3. The molecule has 0 spiro atoms. The van der Waals surface area contributed by atoms with Gasteiger partial charge in [0.1, 0.15) is 11.6 Å². The average molecular weight is 538 g/mol. The molecule has 2 aliphatic rings. The molecule has 2 amide bonds. The summed E-state index contributed by atoms with van der Waals surface area (Å²) in [5.41, 5.74) is -1.27. The Bertz CT molecular complexity index is 1090. The Morgan fingerprint density at radius 2 is 1.73 bits per heavy atom. The third-order valence-electron chi connectivity index (χ3n) is 6.88. The summed E-state index contributed by atoms with van der Waals surface area (Å²) in [5, 5.41) is 2.23. The number of nitrogens with one attached hydrogen (secondary N) is 1. The number of ether oxygens (including phenoxy) is 1. The fourth-order valence-electron chi connectivity index (χ4n) is 4.17. The molecule has 1 N–H and O–H groups in total. The Balaban J connectivity index is 1.68. The van der Waals surface area contributed by atoms with E-state index in [2.05, 4.69) is 15.3 Å². The number of amides is 2. The number of sulfone groups is 1. The van der Waals surface area contributed by atoms with Crippen LogP contribution in [0.4, 0.5) is 4.79 Å². The van der Waals surface area contributed by atoms with Gasteiger partial charge < -0.3 is 24.3 Å². The summed E-state index contributed by atoms with van der Waals surface area (Å²) in [7, 11) is -4.60. The van der Waals surface area contributed by atoms with Crippen molar-refractivity contribution in [3.8, 4) is 0 Å². The van der Waals surface area contributed by atoms with Crippen LogP contribution >= 0.6 is 0 Å². The molecule has 0 saturated carbocycles. The lowest BCUT2D eigenvalue weighted by Crippen LogP contribution is -2.54. The molecule has 2 fully saturated rings. The molecule has 11 nitrogen and oxygen atoms in total. The van der Waals surface area contributed by atoms with Gasteiger partial charge in [0.2, 0.25) is 20.9 Å². The highest BCUT2D eigenvalue weighted by Crippen LogP contribution is 2.36. The number of carbonyl (C=O) groups is 2. The molecule has 1 aromatic heterocycles. The number of alkyl carbamates (subject to hydrolysis) is 1. The number of likely N-dealkylation sites (tertiary alicyclic amines) is 1. The minimum Gasteiger partial charge on any atom is -0.444 e. The van der Waals surface area contributed by atoms with Gasteiger partial charge in [-0.2, -0.15) is 0 Å². The second-order valence-electron chi connectivity index (χ2n) is 11.7. The molecule has 2 saturated heterocycles. The first-order valence-corrected chi connectivity index (χ1v) is 14.3. The van der Waals surface area contributed by atoms with E-state index in [0.29, 0.717) is 18.4 Å². The normalized spacial score (nSPS) is 22.4. The Hall–Kier alpha value is -2.25. The fraction of sp³-hybridized carbons (Fsp3) is 0.750. The quantitative estimate of drug-likeness (QED) is 0.425. The van der Waals surface area contributed by atoms with E-state index in [4.69, 9.17) is 14.0 Å². The zero-order valence-electron chi connectivity index (χ0n) is 23.0. The van der Waals surface area contributed by atoms with Crippen LogP contribution < -0.4 is 10.8 Å². The maximum absolute atomic E-state index is 13.2. The SMILES string of the molecule is CC(NC(=O)OC(C)(C)C)C(=O)N1CCCCC1CS(=O)(=O)c1ncc(B2OC(C)(C)C(C)(C)O2)cn1. The lowest BCUT2D eigenvalue weighted by molar-refractivity contribution is -0.136. The maximum Gasteiger partial charge on any atom is 0.498 e. The Kier molecular flexibility index (Phi) is 8.31. The van der Waals surface area contributed by atoms with Gasteiger partial charge in [-0.3, -0.25) is 4.79 Å². The van der Waals surface area contributed by atoms with Gasteiger partial charge in [-0.25, -0.2) is 23.2 Å². The van der Waals surface area contributed by atoms with E-state index in [0.717, 1.165) is 12.8 Å². The molecule has 13 heteroatoms. The van der Waals surface area contributed by atoms with E-state index in [1.54, 1.807) is 27.7 Å². The molecular formula is C24H39BN4O7S. The topological polar surface area (TPSA) is 137 Å². The van der Waals surface area contributed by atoms with Crippen LogP contribution in [-0.4, -0.2) is 83.6 Å². The van der Waals surface area contributed by atoms with Crippen LogP contribution in [-0.2, 0) is 28.7 Å². The predicted octanol–water partition coefficient (Wildman–Crippen LogP) is 1.84. The van der Waals surface area contributed by atoms with E-state index < -0.39 is 51.9 Å². The van der Waals surface area contributed by atoms with Gasteiger partial charge in [0.05, 0.1) is 17.0 Å². The van der Waals surface area contributed by atoms with Crippen LogP contribution in [0.5, 0.6) is 0 Å². The van der Waals surface area contributed by atoms with Crippen molar-refractivity contribution < 1.29 is 32.1 Å². The highest BCUT2D eigenvalue weighted by molar-refractivity contribution is 7.91. The van der Waals surface area contributed by atoms with Gasteiger partial charge in [-0.05, 0) is 74.7 Å². The molecule has 206 valence electrons. The van der Waals surface area contributed by atoms with Crippen LogP contribution in [0, 0.1) is 0 Å². The standard InChI is InChI=1S/C24H39BN4O7S/c1-16(28-21(31)34-22(2,3)4)19(30)29-12-10-9-11-18(29)15-37(32,33)20-26-13-17(14-27-20)25-35-23(5,6)24(7,8)36-25/h13-14,16,18H,9-12,15H2,1-8H3,(H,28,31). The van der Waals surface area contributed by atoms with Crippen molar-refractivity contribution in [2.75, 3.05) is 12.3 Å². The van der Waals surface area contributed by atoms with Crippen molar-refractivity contribution >= 4 is 34.4 Å². The van der Waals surface area contributed by atoms with Crippen LogP contribution in [0.1, 0.15) is 74.7 Å². The zero-order valence-corrected chi connectivity index (χ0v) is 23.8. The molecule has 37 heavy (non-hydrogen) atoms. The van der Waals surface area contributed by atoms with Crippen LogP contribution in [0.15, 0.2) is 17.6 Å². The highest BCUT2D eigenvalue weighted by atomic mass is 32.2. The zero-order chi connectivity index (χ0) is 27.8. The molecule has 1 aromatic rings. The summed E-state index contributed by atoms with van der Waals surface area (Å²) in [5.74, 6) is -0.670. The van der Waals surface area contributed by atoms with E-state index in [9.17, 15) is 18.0 Å². The smallest absolute Gasteiger partial charge is 0.444 e. The van der Waals surface area contributed by atoms with Gasteiger partial charge in [-0.15, -0.1) is 0 Å². The van der Waals surface area contributed by atoms with Gasteiger partial charge in [0, 0.05) is 30.4 Å². The molecule has 0 bridgehead atoms. The number of rotatable bonds is 6. The third kappa shape index (κ3) is 7.00. The fourth-order valence-corrected chi connectivity index (χ4v) is 5.60. The molecule has 3 rings (SSSR count). The van der Waals surface area contributed by atoms with E-state index in [-0.39, 0.29) is 16.8 Å².